The Bertz CT molecular complexity index is 655. The van der Waals surface area contributed by atoms with Crippen molar-refractivity contribution < 1.29 is 9.47 Å². The van der Waals surface area contributed by atoms with Gasteiger partial charge in [-0.05, 0) is 56.9 Å². The summed E-state index contributed by atoms with van der Waals surface area (Å²) in [6.45, 7) is 3.25. The number of methoxy groups -OCH3 is 1. The van der Waals surface area contributed by atoms with E-state index in [4.69, 9.17) is 21.1 Å². The fraction of sp³-hybridized carbons (Fsp3) is 0.400. The number of benzene rings is 2. The molecule has 4 nitrogen and oxygen atoms in total. The minimum absolute atomic E-state index is 0. The minimum Gasteiger partial charge on any atom is -0.493 e. The van der Waals surface area contributed by atoms with Gasteiger partial charge in [-0.15, -0.1) is 24.8 Å². The molecule has 1 N–H and O–H groups in total. The molecule has 0 heterocycles. The maximum atomic E-state index is 6.42. The summed E-state index contributed by atoms with van der Waals surface area (Å²) in [5.74, 6) is 1.25. The van der Waals surface area contributed by atoms with Crippen molar-refractivity contribution >= 4 is 36.4 Å². The number of ether oxygens (including phenoxy) is 2. The summed E-state index contributed by atoms with van der Waals surface area (Å²) < 4.78 is 11.4. The lowest BCUT2D eigenvalue weighted by molar-refractivity contribution is 0.284. The topological polar surface area (TPSA) is 33.7 Å². The fourth-order valence-corrected chi connectivity index (χ4v) is 2.79. The molecule has 7 heteroatoms. The highest BCUT2D eigenvalue weighted by Crippen LogP contribution is 2.37. The molecule has 0 saturated heterocycles. The zero-order valence-corrected chi connectivity index (χ0v) is 18.4. The summed E-state index contributed by atoms with van der Waals surface area (Å²) >= 11 is 6.42. The Labute approximate surface area is 180 Å². The third-order valence-electron chi connectivity index (χ3n) is 3.80. The van der Waals surface area contributed by atoms with Crippen LogP contribution in [0.2, 0.25) is 5.02 Å². The molecule has 0 aliphatic carbocycles. The van der Waals surface area contributed by atoms with Crippen LogP contribution in [0.25, 0.3) is 0 Å². The fourth-order valence-electron chi connectivity index (χ4n) is 2.50. The molecule has 0 aliphatic rings. The molecule has 0 aromatic heterocycles. The first-order valence-corrected chi connectivity index (χ1v) is 8.86. The summed E-state index contributed by atoms with van der Waals surface area (Å²) in [6.07, 6.45) is 1.11. The average Bonchev–Trinajstić information content (AvgIpc) is 2.60. The van der Waals surface area contributed by atoms with Crippen LogP contribution in [0.1, 0.15) is 17.5 Å². The van der Waals surface area contributed by atoms with E-state index >= 15 is 0 Å². The summed E-state index contributed by atoms with van der Waals surface area (Å²) in [6, 6.07) is 13.9. The van der Waals surface area contributed by atoms with Gasteiger partial charge in [-0.2, -0.15) is 0 Å². The van der Waals surface area contributed by atoms with Crippen LogP contribution in [0, 0.1) is 0 Å². The van der Waals surface area contributed by atoms with Crippen LogP contribution in [0.15, 0.2) is 42.5 Å². The van der Waals surface area contributed by atoms with Crippen LogP contribution < -0.4 is 14.8 Å². The zero-order valence-electron chi connectivity index (χ0n) is 16.0. The molecule has 0 amide bonds. The van der Waals surface area contributed by atoms with Gasteiger partial charge in [0.2, 0.25) is 0 Å². The predicted molar refractivity (Wildman–Crippen MR) is 118 cm³/mol. The van der Waals surface area contributed by atoms with Crippen LogP contribution in [0.4, 0.5) is 0 Å². The number of rotatable bonds is 10. The van der Waals surface area contributed by atoms with Crippen LogP contribution in [0.5, 0.6) is 11.5 Å². The molecule has 152 valence electrons. The molecule has 0 radical (unpaired) electrons. The van der Waals surface area contributed by atoms with E-state index in [1.165, 1.54) is 0 Å². The second-order valence-corrected chi connectivity index (χ2v) is 6.62. The van der Waals surface area contributed by atoms with Crippen LogP contribution in [-0.4, -0.2) is 39.2 Å². The van der Waals surface area contributed by atoms with Gasteiger partial charge < -0.3 is 19.7 Å². The van der Waals surface area contributed by atoms with E-state index < -0.39 is 0 Å². The van der Waals surface area contributed by atoms with E-state index in [0.29, 0.717) is 23.1 Å². The predicted octanol–water partition coefficient (Wildman–Crippen LogP) is 4.81. The quantitative estimate of drug-likeness (QED) is 0.543. The lowest BCUT2D eigenvalue weighted by Crippen LogP contribution is -2.21. The smallest absolute Gasteiger partial charge is 0.180 e. The maximum Gasteiger partial charge on any atom is 0.180 e. The summed E-state index contributed by atoms with van der Waals surface area (Å²) in [4.78, 5) is 2.18. The van der Waals surface area contributed by atoms with Crippen molar-refractivity contribution in [3.8, 4) is 11.5 Å². The maximum absolute atomic E-state index is 6.42. The summed E-state index contributed by atoms with van der Waals surface area (Å²) in [5, 5.41) is 4.00. The molecule has 0 bridgehead atoms. The van der Waals surface area contributed by atoms with Crippen molar-refractivity contribution in [1.82, 2.24) is 10.2 Å². The van der Waals surface area contributed by atoms with Crippen LogP contribution >= 0.6 is 36.4 Å². The molecule has 0 fully saturated rings. The Balaban J connectivity index is 0.00000338. The molecule has 0 unspecified atom stereocenters. The first-order chi connectivity index (χ1) is 12.1. The van der Waals surface area contributed by atoms with Gasteiger partial charge in [0.15, 0.2) is 11.5 Å². The van der Waals surface area contributed by atoms with Gasteiger partial charge in [-0.1, -0.05) is 41.9 Å². The largest absolute Gasteiger partial charge is 0.493 e. The van der Waals surface area contributed by atoms with Crippen molar-refractivity contribution in [2.45, 2.75) is 19.6 Å². The number of nitrogens with one attached hydrogen (secondary N) is 1. The zero-order chi connectivity index (χ0) is 18.1. The van der Waals surface area contributed by atoms with Crippen molar-refractivity contribution in [2.24, 2.45) is 0 Å². The third kappa shape index (κ3) is 9.04. The molecule has 0 saturated carbocycles. The van der Waals surface area contributed by atoms with Crippen LogP contribution in [-0.2, 0) is 13.2 Å². The van der Waals surface area contributed by atoms with Crippen molar-refractivity contribution in [2.75, 3.05) is 34.3 Å². The third-order valence-corrected chi connectivity index (χ3v) is 4.08. The van der Waals surface area contributed by atoms with Crippen molar-refractivity contribution in [3.63, 3.8) is 0 Å². The van der Waals surface area contributed by atoms with Crippen molar-refractivity contribution in [1.29, 1.82) is 0 Å². The van der Waals surface area contributed by atoms with E-state index in [2.05, 4.69) is 24.3 Å². The second-order valence-electron chi connectivity index (χ2n) is 6.22. The van der Waals surface area contributed by atoms with E-state index in [1.807, 2.05) is 42.5 Å². The van der Waals surface area contributed by atoms with Gasteiger partial charge in [0.1, 0.15) is 6.61 Å². The monoisotopic (exact) mass is 434 g/mol. The second kappa shape index (κ2) is 13.9. The lowest BCUT2D eigenvalue weighted by Gasteiger charge is -2.15. The lowest BCUT2D eigenvalue weighted by atomic mass is 10.2. The molecule has 27 heavy (non-hydrogen) atoms. The highest BCUT2D eigenvalue weighted by Gasteiger charge is 2.12. The highest BCUT2D eigenvalue weighted by molar-refractivity contribution is 6.32. The molecule has 2 rings (SSSR count). The van der Waals surface area contributed by atoms with Gasteiger partial charge in [-0.25, -0.2) is 0 Å². The Morgan fingerprint density at radius 3 is 2.37 bits per heavy atom. The first kappa shape index (κ1) is 25.8. The molecule has 0 spiro atoms. The molecule has 2 aromatic rings. The van der Waals surface area contributed by atoms with E-state index in [-0.39, 0.29) is 24.8 Å². The Morgan fingerprint density at radius 2 is 1.74 bits per heavy atom. The van der Waals surface area contributed by atoms with E-state index in [0.717, 1.165) is 37.2 Å². The average molecular weight is 436 g/mol. The van der Waals surface area contributed by atoms with Gasteiger partial charge in [-0.3, -0.25) is 0 Å². The molecular weight excluding hydrogens is 407 g/mol. The summed E-state index contributed by atoms with van der Waals surface area (Å²) in [7, 11) is 5.80. The Kier molecular flexibility index (Phi) is 13.3. The number of hydrogen-bond acceptors (Lipinski definition) is 4. The first-order valence-electron chi connectivity index (χ1n) is 8.48. The highest BCUT2D eigenvalue weighted by atomic mass is 35.5. The number of halogens is 3. The van der Waals surface area contributed by atoms with Gasteiger partial charge in [0.25, 0.3) is 0 Å². The van der Waals surface area contributed by atoms with Gasteiger partial charge >= 0.3 is 0 Å². The van der Waals surface area contributed by atoms with Crippen molar-refractivity contribution in [3.05, 3.63) is 58.6 Å². The standard InChI is InChI=1S/C20H27ClN2O2.2ClH/c1-23(2)11-7-10-22-14-17-12-18(21)20(19(13-17)24-3)25-15-16-8-5-4-6-9-16;;/h4-6,8-9,12-13,22H,7,10-11,14-15H2,1-3H3;2*1H. The Hall–Kier alpha value is -1.17. The van der Waals surface area contributed by atoms with E-state index in [9.17, 15) is 0 Å². The summed E-state index contributed by atoms with van der Waals surface area (Å²) in [5.41, 5.74) is 2.17. The minimum atomic E-state index is 0. The molecular formula is C20H29Cl3N2O2. The van der Waals surface area contributed by atoms with Gasteiger partial charge in [0, 0.05) is 6.54 Å². The number of nitrogens with zero attached hydrogens (tertiary/aromatic N) is 1. The number of hydrogen-bond donors (Lipinski definition) is 1. The van der Waals surface area contributed by atoms with Crippen LogP contribution in [0.3, 0.4) is 0 Å². The molecule has 0 aliphatic heterocycles. The molecule has 0 atom stereocenters. The van der Waals surface area contributed by atoms with Gasteiger partial charge in [0.05, 0.1) is 12.1 Å². The SMILES string of the molecule is COc1cc(CNCCCN(C)C)cc(Cl)c1OCc1ccccc1.Cl.Cl. The molecule has 2 aromatic carbocycles. The Morgan fingerprint density at radius 1 is 1.04 bits per heavy atom. The van der Waals surface area contributed by atoms with E-state index in [1.54, 1.807) is 7.11 Å². The normalized spacial score (nSPS) is 10.1.